The highest BCUT2D eigenvalue weighted by atomic mass is 32.2. The third kappa shape index (κ3) is 5.31. The van der Waals surface area contributed by atoms with Gasteiger partial charge in [0.1, 0.15) is 5.76 Å². The van der Waals surface area contributed by atoms with Gasteiger partial charge in [0.15, 0.2) is 5.76 Å². The minimum Gasteiger partial charge on any atom is -0.456 e. The second-order valence-corrected chi connectivity index (χ2v) is 7.66. The molecule has 1 fully saturated rings. The van der Waals surface area contributed by atoms with Crippen LogP contribution >= 0.6 is 11.8 Å². The fraction of sp³-hybridized carbons (Fsp3) is 0.368. The summed E-state index contributed by atoms with van der Waals surface area (Å²) in [5, 5.41) is 2.90. The number of thioether (sulfide) groups is 1. The fourth-order valence-electron chi connectivity index (χ4n) is 3.02. The van der Waals surface area contributed by atoms with E-state index in [4.69, 9.17) is 4.42 Å². The number of nitrogens with zero attached hydrogens (tertiary/aromatic N) is 1. The molecule has 0 spiro atoms. The lowest BCUT2D eigenvalue weighted by Crippen LogP contribution is -2.46. The first-order chi connectivity index (χ1) is 13.2. The summed E-state index contributed by atoms with van der Waals surface area (Å²) in [6, 6.07) is 8.67. The van der Waals surface area contributed by atoms with Crippen LogP contribution in [-0.2, 0) is 0 Å². The first-order valence-corrected chi connectivity index (χ1v) is 9.55. The Morgan fingerprint density at radius 1 is 1.11 bits per heavy atom. The molecule has 5 nitrogen and oxygen atoms in total. The molecule has 0 atom stereocenters. The number of nitrogens with one attached hydrogen (secondary N) is 1. The van der Waals surface area contributed by atoms with Crippen LogP contribution in [0, 0.1) is 6.92 Å². The van der Waals surface area contributed by atoms with Crippen LogP contribution in [-0.4, -0.2) is 41.4 Å². The lowest BCUT2D eigenvalue weighted by atomic mass is 10.0. The first kappa shape index (κ1) is 20.3. The van der Waals surface area contributed by atoms with Crippen LogP contribution in [0.25, 0.3) is 0 Å². The van der Waals surface area contributed by atoms with Crippen molar-refractivity contribution in [3.8, 4) is 0 Å². The molecule has 0 radical (unpaired) electrons. The molecule has 2 aromatic rings. The number of halogens is 3. The predicted molar refractivity (Wildman–Crippen MR) is 98.2 cm³/mol. The van der Waals surface area contributed by atoms with Crippen molar-refractivity contribution in [2.45, 2.75) is 36.2 Å². The van der Waals surface area contributed by atoms with Gasteiger partial charge in [-0.3, -0.25) is 9.59 Å². The highest BCUT2D eigenvalue weighted by Gasteiger charge is 2.29. The van der Waals surface area contributed by atoms with Crippen molar-refractivity contribution < 1.29 is 27.2 Å². The van der Waals surface area contributed by atoms with Gasteiger partial charge in [0.2, 0.25) is 0 Å². The van der Waals surface area contributed by atoms with E-state index in [1.165, 1.54) is 24.3 Å². The van der Waals surface area contributed by atoms with Crippen LogP contribution in [0.5, 0.6) is 0 Å². The average molecular weight is 412 g/mol. The SMILES string of the molecule is Cc1ccc(C(=O)NC2CCN(C(=O)c3ccc(SC(F)(F)F)cc3)CC2)o1. The van der Waals surface area contributed by atoms with Gasteiger partial charge < -0.3 is 14.6 Å². The summed E-state index contributed by atoms with van der Waals surface area (Å²) in [7, 11) is 0. The van der Waals surface area contributed by atoms with Gasteiger partial charge in [-0.05, 0) is 67.9 Å². The van der Waals surface area contributed by atoms with Crippen molar-refractivity contribution >= 4 is 23.6 Å². The maximum Gasteiger partial charge on any atom is 0.446 e. The van der Waals surface area contributed by atoms with Crippen LogP contribution in [0.3, 0.4) is 0 Å². The molecule has 2 heterocycles. The Balaban J connectivity index is 1.51. The standard InChI is InChI=1S/C19H19F3N2O3S/c1-12-2-7-16(27-12)17(25)23-14-8-10-24(11-9-14)18(26)13-3-5-15(6-4-13)28-19(20,21)22/h2-7,14H,8-11H2,1H3,(H,23,25). The lowest BCUT2D eigenvalue weighted by molar-refractivity contribution is -0.0328. The second-order valence-electron chi connectivity index (χ2n) is 6.52. The summed E-state index contributed by atoms with van der Waals surface area (Å²) < 4.78 is 42.4. The summed E-state index contributed by atoms with van der Waals surface area (Å²) in [5.74, 6) is 0.406. The molecule has 3 rings (SSSR count). The normalized spacial score (nSPS) is 15.5. The number of benzene rings is 1. The van der Waals surface area contributed by atoms with Gasteiger partial charge >= 0.3 is 5.51 Å². The quantitative estimate of drug-likeness (QED) is 0.764. The van der Waals surface area contributed by atoms with E-state index >= 15 is 0 Å². The number of amides is 2. The van der Waals surface area contributed by atoms with Gasteiger partial charge in [0.25, 0.3) is 11.8 Å². The third-order valence-electron chi connectivity index (χ3n) is 4.42. The molecule has 1 aliphatic rings. The topological polar surface area (TPSA) is 62.6 Å². The maximum absolute atomic E-state index is 12.5. The Kier molecular flexibility index (Phi) is 6.02. The Hall–Kier alpha value is -2.42. The number of carbonyl (C=O) groups excluding carboxylic acids is 2. The minimum absolute atomic E-state index is 0.0404. The smallest absolute Gasteiger partial charge is 0.446 e. The van der Waals surface area contributed by atoms with Gasteiger partial charge in [0, 0.05) is 29.6 Å². The van der Waals surface area contributed by atoms with Gasteiger partial charge in [-0.15, -0.1) is 0 Å². The van der Waals surface area contributed by atoms with E-state index < -0.39 is 5.51 Å². The zero-order valence-electron chi connectivity index (χ0n) is 15.1. The van der Waals surface area contributed by atoms with Gasteiger partial charge in [-0.2, -0.15) is 13.2 Å². The predicted octanol–water partition coefficient (Wildman–Crippen LogP) is 4.23. The van der Waals surface area contributed by atoms with Crippen LogP contribution in [0.1, 0.15) is 39.5 Å². The van der Waals surface area contributed by atoms with Gasteiger partial charge in [0.05, 0.1) is 0 Å². The molecule has 1 saturated heterocycles. The van der Waals surface area contributed by atoms with E-state index in [2.05, 4.69) is 5.32 Å². The van der Waals surface area contributed by atoms with Crippen LogP contribution < -0.4 is 5.32 Å². The van der Waals surface area contributed by atoms with Crippen molar-refractivity contribution in [2.24, 2.45) is 0 Å². The van der Waals surface area contributed by atoms with E-state index in [1.54, 1.807) is 24.0 Å². The Morgan fingerprint density at radius 2 is 1.75 bits per heavy atom. The Morgan fingerprint density at radius 3 is 2.29 bits per heavy atom. The van der Waals surface area contributed by atoms with Crippen molar-refractivity contribution in [3.63, 3.8) is 0 Å². The van der Waals surface area contributed by atoms with Crippen LogP contribution in [0.15, 0.2) is 45.7 Å². The molecule has 0 aliphatic carbocycles. The number of rotatable bonds is 4. The third-order valence-corrected chi connectivity index (χ3v) is 5.16. The van der Waals surface area contributed by atoms with Crippen LogP contribution in [0.2, 0.25) is 0 Å². The average Bonchev–Trinajstić information content (AvgIpc) is 3.08. The number of piperidine rings is 1. The second kappa shape index (κ2) is 8.30. The van der Waals surface area contributed by atoms with E-state index in [1.807, 2.05) is 0 Å². The van der Waals surface area contributed by atoms with E-state index in [9.17, 15) is 22.8 Å². The molecule has 1 aromatic heterocycles. The highest BCUT2D eigenvalue weighted by molar-refractivity contribution is 8.00. The number of furan rings is 1. The summed E-state index contributed by atoms with van der Waals surface area (Å²) in [5.41, 5.74) is -4.01. The molecule has 0 bridgehead atoms. The number of hydrogen-bond acceptors (Lipinski definition) is 4. The number of aryl methyl sites for hydroxylation is 1. The Bertz CT molecular complexity index is 841. The largest absolute Gasteiger partial charge is 0.456 e. The summed E-state index contributed by atoms with van der Waals surface area (Å²) >= 11 is -0.210. The van der Waals surface area contributed by atoms with Crippen molar-refractivity contribution in [1.29, 1.82) is 0 Å². The summed E-state index contributed by atoms with van der Waals surface area (Å²) in [4.78, 5) is 26.4. The molecule has 150 valence electrons. The zero-order chi connectivity index (χ0) is 20.3. The number of likely N-dealkylation sites (tertiary alicyclic amines) is 1. The molecular formula is C19H19F3N2O3S. The molecule has 1 aromatic carbocycles. The Labute approximate surface area is 164 Å². The molecule has 0 saturated carbocycles. The number of alkyl halides is 3. The maximum atomic E-state index is 12.5. The first-order valence-electron chi connectivity index (χ1n) is 8.73. The summed E-state index contributed by atoms with van der Waals surface area (Å²) in [6.07, 6.45) is 1.19. The number of hydrogen-bond donors (Lipinski definition) is 1. The molecule has 1 N–H and O–H groups in total. The lowest BCUT2D eigenvalue weighted by Gasteiger charge is -2.32. The van der Waals surface area contributed by atoms with Crippen molar-refractivity contribution in [3.05, 3.63) is 53.5 Å². The van der Waals surface area contributed by atoms with Gasteiger partial charge in [-0.25, -0.2) is 0 Å². The highest BCUT2D eigenvalue weighted by Crippen LogP contribution is 2.36. The molecule has 2 amide bonds. The molecule has 0 unspecified atom stereocenters. The van der Waals surface area contributed by atoms with Crippen molar-refractivity contribution in [1.82, 2.24) is 10.2 Å². The van der Waals surface area contributed by atoms with E-state index in [-0.39, 0.29) is 40.3 Å². The fourth-order valence-corrected chi connectivity index (χ4v) is 3.56. The number of carbonyl (C=O) groups is 2. The van der Waals surface area contributed by atoms with Crippen LogP contribution in [0.4, 0.5) is 13.2 Å². The van der Waals surface area contributed by atoms with E-state index in [0.29, 0.717) is 37.3 Å². The molecule has 1 aliphatic heterocycles. The van der Waals surface area contributed by atoms with Gasteiger partial charge in [-0.1, -0.05) is 0 Å². The molecule has 28 heavy (non-hydrogen) atoms. The monoisotopic (exact) mass is 412 g/mol. The van der Waals surface area contributed by atoms with E-state index in [0.717, 1.165) is 0 Å². The zero-order valence-corrected chi connectivity index (χ0v) is 15.9. The minimum atomic E-state index is -4.35. The van der Waals surface area contributed by atoms with Crippen molar-refractivity contribution in [2.75, 3.05) is 13.1 Å². The summed E-state index contributed by atoms with van der Waals surface area (Å²) in [6.45, 7) is 2.68. The molecular weight excluding hydrogens is 393 g/mol. The molecule has 9 heteroatoms.